The van der Waals surface area contributed by atoms with Crippen LogP contribution in [0.3, 0.4) is 0 Å². The Morgan fingerprint density at radius 1 is 1.16 bits per heavy atom. The van der Waals surface area contributed by atoms with Gasteiger partial charge in [-0.1, -0.05) is 13.3 Å². The van der Waals surface area contributed by atoms with Gasteiger partial charge >= 0.3 is 6.18 Å². The van der Waals surface area contributed by atoms with Gasteiger partial charge in [0.15, 0.2) is 11.4 Å². The predicted octanol–water partition coefficient (Wildman–Crippen LogP) is 2.99. The van der Waals surface area contributed by atoms with E-state index >= 15 is 0 Å². The summed E-state index contributed by atoms with van der Waals surface area (Å²) in [4.78, 5) is 42.6. The topological polar surface area (TPSA) is 165 Å². The highest BCUT2D eigenvalue weighted by Crippen LogP contribution is 2.54. The fourth-order valence-corrected chi connectivity index (χ4v) is 7.38. The molecule has 2 saturated carbocycles. The molecule has 4 atom stereocenters. The van der Waals surface area contributed by atoms with Crippen molar-refractivity contribution in [2.75, 3.05) is 27.2 Å². The number of hydrogen-bond donors (Lipinski definition) is 5. The Morgan fingerprint density at radius 2 is 1.82 bits per heavy atom. The number of aliphatic hydroxyl groups excluding tert-OH is 2. The number of rotatable bonds is 9. The zero-order valence-electron chi connectivity index (χ0n) is 24.9. The number of carbonyl (C=O) groups excluding carboxylic acids is 3. The van der Waals surface area contributed by atoms with Crippen molar-refractivity contribution in [3.63, 3.8) is 0 Å². The zero-order valence-corrected chi connectivity index (χ0v) is 24.9. The molecule has 1 amide bonds. The number of carbonyl (C=O) groups is 3. The van der Waals surface area contributed by atoms with Gasteiger partial charge in [-0.3, -0.25) is 24.2 Å². The largest absolute Gasteiger partial charge is 0.508 e. The maximum absolute atomic E-state index is 14.9. The molecule has 0 spiro atoms. The van der Waals surface area contributed by atoms with Gasteiger partial charge in [0.25, 0.3) is 5.91 Å². The number of primary amides is 1. The van der Waals surface area contributed by atoms with E-state index in [9.17, 15) is 48.0 Å². The number of aliphatic hydroxyl groups is 3. The molecule has 13 heteroatoms. The number of phenols is 1. The van der Waals surface area contributed by atoms with Crippen LogP contribution in [0.5, 0.6) is 5.75 Å². The smallest absolute Gasteiger partial charge is 0.417 e. The molecule has 0 saturated heterocycles. The van der Waals surface area contributed by atoms with Gasteiger partial charge in [0.2, 0.25) is 5.78 Å². The van der Waals surface area contributed by atoms with E-state index in [4.69, 9.17) is 5.73 Å². The number of nitrogens with two attached hydrogens (primary N) is 1. The number of benzene rings is 1. The maximum Gasteiger partial charge on any atom is 0.417 e. The molecule has 6 N–H and O–H groups in total. The van der Waals surface area contributed by atoms with Crippen LogP contribution >= 0.6 is 0 Å². The molecule has 10 nitrogen and oxygen atoms in total. The van der Waals surface area contributed by atoms with Crippen LogP contribution in [0.1, 0.15) is 61.3 Å². The average Bonchev–Trinajstić information content (AvgIpc) is 3.72. The third kappa shape index (κ3) is 5.08. The molecule has 240 valence electrons. The molecule has 0 radical (unpaired) electrons. The summed E-state index contributed by atoms with van der Waals surface area (Å²) in [5.74, 6) is -8.51. The van der Waals surface area contributed by atoms with Crippen LogP contribution in [-0.4, -0.2) is 86.5 Å². The molecule has 0 bridgehead atoms. The normalized spacial score (nSPS) is 27.2. The number of fused-ring (bicyclic) bond motifs is 3. The molecule has 44 heavy (non-hydrogen) atoms. The van der Waals surface area contributed by atoms with Crippen molar-refractivity contribution in [3.8, 4) is 5.75 Å². The highest BCUT2D eigenvalue weighted by Gasteiger charge is 2.64. The molecular formula is C31H38F3N3O7. The van der Waals surface area contributed by atoms with Crippen molar-refractivity contribution in [1.82, 2.24) is 9.80 Å². The lowest BCUT2D eigenvalue weighted by molar-refractivity contribution is -0.153. The van der Waals surface area contributed by atoms with Crippen LogP contribution in [-0.2, 0) is 33.5 Å². The summed E-state index contributed by atoms with van der Waals surface area (Å²) in [6.07, 6.45) is -1.92. The Balaban J connectivity index is 1.67. The zero-order chi connectivity index (χ0) is 32.5. The van der Waals surface area contributed by atoms with Gasteiger partial charge in [0, 0.05) is 24.6 Å². The summed E-state index contributed by atoms with van der Waals surface area (Å²) in [5, 5.41) is 45.0. The Morgan fingerprint density at radius 3 is 2.36 bits per heavy atom. The molecule has 2 fully saturated rings. The molecule has 0 aliphatic heterocycles. The number of ketones is 2. The van der Waals surface area contributed by atoms with Crippen molar-refractivity contribution in [1.29, 1.82) is 0 Å². The van der Waals surface area contributed by atoms with E-state index in [0.717, 1.165) is 31.7 Å². The SMILES string of the molecule is CCCCN(Cc1cc(O)c2c(c1C(F)(F)F)C[C@H]1C[C@H]3[C@H](N(C)C)C(=O)C(C(N)=O)=C(O)[C@@]3(O)C(=O)C1=C2O)CC1CC1. The summed E-state index contributed by atoms with van der Waals surface area (Å²) in [7, 11) is 2.90. The minimum atomic E-state index is -4.87. The van der Waals surface area contributed by atoms with E-state index in [0.29, 0.717) is 19.0 Å². The molecule has 0 unspecified atom stereocenters. The second-order valence-electron chi connectivity index (χ2n) is 12.8. The standard InChI is InChI=1S/C31H38F3N3O7/c1-4-5-8-37(12-14-6-7-14)13-16-11-19(38)21-17(23(16)31(32,33)34)9-15-10-18-24(36(2)3)26(40)22(29(35)43)28(42)30(18,44)27(41)20(15)25(21)39/h11,14-15,18,24,38-39,42,44H,4-10,12-13H2,1-3H3,(H2,35,43)/t15-,18-,24-,30-/m0/s1. The minimum Gasteiger partial charge on any atom is -0.508 e. The van der Waals surface area contributed by atoms with Crippen LogP contribution in [0.15, 0.2) is 23.0 Å². The lowest BCUT2D eigenvalue weighted by Gasteiger charge is -2.50. The first-order valence-electron chi connectivity index (χ1n) is 14.9. The van der Waals surface area contributed by atoms with Gasteiger partial charge in [-0.2, -0.15) is 13.2 Å². The van der Waals surface area contributed by atoms with Crippen molar-refractivity contribution in [3.05, 3.63) is 45.2 Å². The number of nitrogens with zero attached hydrogens (tertiary/aromatic N) is 2. The first-order valence-corrected chi connectivity index (χ1v) is 14.9. The molecule has 4 aliphatic carbocycles. The van der Waals surface area contributed by atoms with Gasteiger partial charge in [-0.25, -0.2) is 0 Å². The first kappa shape index (κ1) is 32.0. The Hall–Kier alpha value is -3.42. The van der Waals surface area contributed by atoms with Crippen LogP contribution in [0, 0.1) is 17.8 Å². The predicted molar refractivity (Wildman–Crippen MR) is 152 cm³/mol. The van der Waals surface area contributed by atoms with Gasteiger partial charge in [0.05, 0.1) is 17.2 Å². The first-order chi connectivity index (χ1) is 20.5. The quantitative estimate of drug-likeness (QED) is 0.261. The van der Waals surface area contributed by atoms with Gasteiger partial charge in [-0.15, -0.1) is 0 Å². The molecule has 4 aliphatic rings. The van der Waals surface area contributed by atoms with Crippen molar-refractivity contribution in [2.45, 2.75) is 69.8 Å². The Labute approximate surface area is 252 Å². The second kappa shape index (κ2) is 11.2. The molecule has 1 aromatic carbocycles. The fourth-order valence-electron chi connectivity index (χ4n) is 7.38. The van der Waals surface area contributed by atoms with E-state index in [1.54, 1.807) is 0 Å². The Bertz CT molecular complexity index is 1480. The average molecular weight is 622 g/mol. The molecule has 1 aromatic rings. The summed E-state index contributed by atoms with van der Waals surface area (Å²) < 4.78 is 44.6. The lowest BCUT2D eigenvalue weighted by atomic mass is 9.57. The second-order valence-corrected chi connectivity index (χ2v) is 12.8. The number of halogens is 3. The van der Waals surface area contributed by atoms with Crippen LogP contribution < -0.4 is 5.73 Å². The number of hydrogen-bond acceptors (Lipinski definition) is 9. The van der Waals surface area contributed by atoms with Gasteiger partial charge in [0.1, 0.15) is 22.8 Å². The fraction of sp³-hybridized carbons (Fsp3) is 0.581. The number of unbranched alkanes of at least 4 members (excludes halogenated alkanes) is 1. The van der Waals surface area contributed by atoms with Gasteiger partial charge < -0.3 is 26.2 Å². The third-order valence-corrected chi connectivity index (χ3v) is 9.52. The lowest BCUT2D eigenvalue weighted by Crippen LogP contribution is -2.65. The van der Waals surface area contributed by atoms with Crippen molar-refractivity contribution >= 4 is 23.2 Å². The maximum atomic E-state index is 14.9. The number of aromatic hydroxyl groups is 1. The van der Waals surface area contributed by atoms with Crippen molar-refractivity contribution < 1.29 is 48.0 Å². The highest BCUT2D eigenvalue weighted by atomic mass is 19.4. The van der Waals surface area contributed by atoms with Gasteiger partial charge in [-0.05, 0) is 81.8 Å². The van der Waals surface area contributed by atoms with Crippen LogP contribution in [0.4, 0.5) is 13.2 Å². The summed E-state index contributed by atoms with van der Waals surface area (Å²) in [6, 6.07) is -0.358. The van der Waals surface area contributed by atoms with E-state index in [1.807, 2.05) is 11.8 Å². The van der Waals surface area contributed by atoms with E-state index in [1.165, 1.54) is 19.0 Å². The number of phenolic OH excluding ortho intramolecular Hbond substituents is 1. The minimum absolute atomic E-state index is 0.0682. The Kier molecular flexibility index (Phi) is 8.13. The van der Waals surface area contributed by atoms with Crippen LogP contribution in [0.25, 0.3) is 5.76 Å². The van der Waals surface area contributed by atoms with E-state index in [2.05, 4.69) is 0 Å². The van der Waals surface area contributed by atoms with Crippen LogP contribution in [0.2, 0.25) is 0 Å². The van der Waals surface area contributed by atoms with E-state index in [-0.39, 0.29) is 24.1 Å². The summed E-state index contributed by atoms with van der Waals surface area (Å²) >= 11 is 0. The summed E-state index contributed by atoms with van der Waals surface area (Å²) in [5.41, 5.74) is -1.09. The number of amides is 1. The molecule has 5 rings (SSSR count). The summed E-state index contributed by atoms with van der Waals surface area (Å²) in [6.45, 7) is 3.14. The number of Topliss-reactive ketones (excluding diaryl/α,β-unsaturated/α-hetero) is 2. The number of alkyl halides is 3. The third-order valence-electron chi connectivity index (χ3n) is 9.52. The van der Waals surface area contributed by atoms with Crippen molar-refractivity contribution in [2.24, 2.45) is 23.5 Å². The molecule has 0 heterocycles. The number of likely N-dealkylation sites (N-methyl/N-ethyl adjacent to an activating group) is 1. The highest BCUT2D eigenvalue weighted by molar-refractivity contribution is 6.24. The van der Waals surface area contributed by atoms with E-state index < -0.39 is 93.1 Å². The monoisotopic (exact) mass is 621 g/mol. The molecule has 0 aromatic heterocycles. The molecular weight excluding hydrogens is 583 g/mol.